The summed E-state index contributed by atoms with van der Waals surface area (Å²) in [5.74, 6) is 0.160. The number of aromatic nitrogens is 1. The molecule has 0 saturated heterocycles. The predicted octanol–water partition coefficient (Wildman–Crippen LogP) is 5.89. The second kappa shape index (κ2) is 9.99. The van der Waals surface area contributed by atoms with Crippen LogP contribution in [-0.4, -0.2) is 11.3 Å². The molecule has 7 heteroatoms. The Labute approximate surface area is 163 Å². The van der Waals surface area contributed by atoms with E-state index in [-0.39, 0.29) is 11.6 Å². The Hall–Kier alpha value is -2.31. The molecule has 0 amide bonds. The van der Waals surface area contributed by atoms with Crippen LogP contribution >= 0.6 is 27.5 Å². The predicted molar refractivity (Wildman–Crippen MR) is 102 cm³/mol. The average Bonchev–Trinajstić information content (AvgIpc) is 2.65. The number of rotatable bonds is 4. The van der Waals surface area contributed by atoms with E-state index in [0.717, 1.165) is 5.56 Å². The number of aldehydes is 1. The van der Waals surface area contributed by atoms with E-state index in [1.807, 2.05) is 0 Å². The fourth-order valence-corrected chi connectivity index (χ4v) is 2.28. The zero-order valence-electron chi connectivity index (χ0n) is 13.4. The van der Waals surface area contributed by atoms with Crippen LogP contribution in [0.15, 0.2) is 65.3 Å². The van der Waals surface area contributed by atoms with Crippen molar-refractivity contribution < 1.29 is 13.6 Å². The molecule has 3 aromatic rings. The Morgan fingerprint density at radius 3 is 2.08 bits per heavy atom. The molecule has 26 heavy (non-hydrogen) atoms. The fourth-order valence-electron chi connectivity index (χ4n) is 1.85. The van der Waals surface area contributed by atoms with Crippen molar-refractivity contribution in [2.24, 2.45) is 0 Å². The lowest BCUT2D eigenvalue weighted by molar-refractivity contribution is 0.112. The minimum atomic E-state index is -0.319. The topological polar surface area (TPSA) is 42.0 Å². The van der Waals surface area contributed by atoms with Gasteiger partial charge in [0.05, 0.1) is 5.02 Å². The molecule has 0 bridgehead atoms. The van der Waals surface area contributed by atoms with E-state index in [0.29, 0.717) is 33.8 Å². The van der Waals surface area contributed by atoms with Gasteiger partial charge in [0.1, 0.15) is 28.3 Å². The van der Waals surface area contributed by atoms with Gasteiger partial charge in [-0.3, -0.25) is 4.79 Å². The number of nitrogens with one attached hydrogen (secondary N) is 1. The van der Waals surface area contributed by atoms with Crippen LogP contribution in [0.3, 0.4) is 0 Å². The molecule has 0 spiro atoms. The van der Waals surface area contributed by atoms with Gasteiger partial charge < -0.3 is 5.32 Å². The van der Waals surface area contributed by atoms with Crippen LogP contribution in [0.4, 0.5) is 14.6 Å². The molecule has 0 aliphatic rings. The van der Waals surface area contributed by atoms with Crippen LogP contribution in [-0.2, 0) is 6.54 Å². The lowest BCUT2D eigenvalue weighted by Crippen LogP contribution is -2.01. The molecule has 1 N–H and O–H groups in total. The van der Waals surface area contributed by atoms with Crippen LogP contribution in [0.2, 0.25) is 5.02 Å². The van der Waals surface area contributed by atoms with Gasteiger partial charge in [-0.15, -0.1) is 0 Å². The van der Waals surface area contributed by atoms with Gasteiger partial charge in [0.15, 0.2) is 0 Å². The molecule has 3 rings (SSSR count). The SMILES string of the molecule is Fc1ccc(CNc2ccc(Cl)c(Br)n2)cc1.O=Cc1ccc(F)cc1. The molecule has 134 valence electrons. The second-order valence-corrected chi connectivity index (χ2v) is 6.28. The van der Waals surface area contributed by atoms with Crippen molar-refractivity contribution in [2.75, 3.05) is 5.32 Å². The minimum absolute atomic E-state index is 0.235. The van der Waals surface area contributed by atoms with Gasteiger partial charge >= 0.3 is 0 Å². The van der Waals surface area contributed by atoms with E-state index in [1.165, 1.54) is 36.4 Å². The van der Waals surface area contributed by atoms with Gasteiger partial charge in [-0.2, -0.15) is 0 Å². The highest BCUT2D eigenvalue weighted by atomic mass is 79.9. The maximum absolute atomic E-state index is 12.7. The van der Waals surface area contributed by atoms with Crippen molar-refractivity contribution in [2.45, 2.75) is 6.54 Å². The average molecular weight is 440 g/mol. The highest BCUT2D eigenvalue weighted by Gasteiger charge is 2.00. The fraction of sp³-hybridized carbons (Fsp3) is 0.0526. The molecule has 3 nitrogen and oxygen atoms in total. The van der Waals surface area contributed by atoms with Crippen LogP contribution in [0, 0.1) is 11.6 Å². The first-order chi connectivity index (χ1) is 12.5. The highest BCUT2D eigenvalue weighted by molar-refractivity contribution is 9.10. The summed E-state index contributed by atoms with van der Waals surface area (Å²) in [6, 6.07) is 15.2. The molecule has 0 radical (unpaired) electrons. The van der Waals surface area contributed by atoms with Crippen molar-refractivity contribution in [3.63, 3.8) is 0 Å². The summed E-state index contributed by atoms with van der Waals surface area (Å²) in [4.78, 5) is 14.2. The summed E-state index contributed by atoms with van der Waals surface area (Å²) in [5.41, 5.74) is 1.48. The van der Waals surface area contributed by atoms with Gasteiger partial charge in [0, 0.05) is 12.1 Å². The summed E-state index contributed by atoms with van der Waals surface area (Å²) in [5, 5.41) is 3.69. The molecule has 0 aliphatic carbocycles. The molecule has 0 unspecified atom stereocenters. The number of nitrogens with zero attached hydrogens (tertiary/aromatic N) is 1. The first kappa shape index (κ1) is 20.0. The van der Waals surface area contributed by atoms with Gasteiger partial charge in [-0.1, -0.05) is 23.7 Å². The Morgan fingerprint density at radius 1 is 0.962 bits per heavy atom. The van der Waals surface area contributed by atoms with Gasteiger partial charge in [0.25, 0.3) is 0 Å². The van der Waals surface area contributed by atoms with Crippen molar-refractivity contribution >= 4 is 39.6 Å². The van der Waals surface area contributed by atoms with Crippen molar-refractivity contribution in [1.82, 2.24) is 4.98 Å². The second-order valence-electron chi connectivity index (χ2n) is 5.12. The zero-order valence-corrected chi connectivity index (χ0v) is 15.8. The Morgan fingerprint density at radius 2 is 1.54 bits per heavy atom. The van der Waals surface area contributed by atoms with Gasteiger partial charge in [0.2, 0.25) is 0 Å². The van der Waals surface area contributed by atoms with Crippen LogP contribution in [0.1, 0.15) is 15.9 Å². The van der Waals surface area contributed by atoms with Gasteiger partial charge in [-0.25, -0.2) is 13.8 Å². The minimum Gasteiger partial charge on any atom is -0.366 e. The number of carbonyl (C=O) groups is 1. The number of halogens is 4. The Bertz CT molecular complexity index is 858. The summed E-state index contributed by atoms with van der Waals surface area (Å²) in [6.07, 6.45) is 0.680. The number of carbonyl (C=O) groups excluding carboxylic acids is 1. The Kier molecular flexibility index (Phi) is 7.69. The molecule has 2 aromatic carbocycles. The lowest BCUT2D eigenvalue weighted by Gasteiger charge is -2.06. The summed E-state index contributed by atoms with van der Waals surface area (Å²) < 4.78 is 25.4. The highest BCUT2D eigenvalue weighted by Crippen LogP contribution is 2.21. The molecule has 1 heterocycles. The first-order valence-electron chi connectivity index (χ1n) is 7.49. The summed E-state index contributed by atoms with van der Waals surface area (Å²) >= 11 is 9.09. The van der Waals surface area contributed by atoms with Gasteiger partial charge in [-0.05, 0) is 70.0 Å². The van der Waals surface area contributed by atoms with Crippen molar-refractivity contribution in [3.8, 4) is 0 Å². The number of pyridine rings is 1. The number of anilines is 1. The molecule has 0 atom stereocenters. The van der Waals surface area contributed by atoms with E-state index in [1.54, 1.807) is 24.3 Å². The van der Waals surface area contributed by atoms with Crippen LogP contribution < -0.4 is 5.32 Å². The quantitative estimate of drug-likeness (QED) is 0.407. The van der Waals surface area contributed by atoms with E-state index >= 15 is 0 Å². The maximum atomic E-state index is 12.7. The summed E-state index contributed by atoms with van der Waals surface area (Å²) in [6.45, 7) is 0.585. The number of hydrogen-bond donors (Lipinski definition) is 1. The van der Waals surface area contributed by atoms with E-state index in [2.05, 4.69) is 26.2 Å². The standard InChI is InChI=1S/C12H9BrClFN2.C7H5FO/c13-12-10(14)5-6-11(17-12)16-7-8-1-3-9(15)4-2-8;8-7-3-1-6(5-9)2-4-7/h1-6H,7H2,(H,16,17);1-5H. The third kappa shape index (κ3) is 6.54. The molecule has 0 aliphatic heterocycles. The molecular formula is C19H14BrClF2N2O. The smallest absolute Gasteiger partial charge is 0.150 e. The Balaban J connectivity index is 0.000000228. The molecule has 1 aromatic heterocycles. The summed E-state index contributed by atoms with van der Waals surface area (Å²) in [7, 11) is 0. The van der Waals surface area contributed by atoms with Crippen molar-refractivity contribution in [3.05, 3.63) is 93.1 Å². The maximum Gasteiger partial charge on any atom is 0.150 e. The lowest BCUT2D eigenvalue weighted by atomic mass is 10.2. The third-order valence-corrected chi connectivity index (χ3v) is 4.33. The molecule has 0 fully saturated rings. The van der Waals surface area contributed by atoms with Crippen molar-refractivity contribution in [1.29, 1.82) is 0 Å². The number of hydrogen-bond acceptors (Lipinski definition) is 3. The van der Waals surface area contributed by atoms with Crippen LogP contribution in [0.5, 0.6) is 0 Å². The normalized spacial score (nSPS) is 9.85. The molecule has 0 saturated carbocycles. The van der Waals surface area contributed by atoms with Crippen LogP contribution in [0.25, 0.3) is 0 Å². The zero-order chi connectivity index (χ0) is 18.9. The third-order valence-electron chi connectivity index (χ3n) is 3.20. The van der Waals surface area contributed by atoms with E-state index < -0.39 is 0 Å². The van der Waals surface area contributed by atoms with E-state index in [9.17, 15) is 13.6 Å². The first-order valence-corrected chi connectivity index (χ1v) is 8.66. The number of benzene rings is 2. The monoisotopic (exact) mass is 438 g/mol. The van der Waals surface area contributed by atoms with E-state index in [4.69, 9.17) is 11.6 Å². The molecular weight excluding hydrogens is 426 g/mol. The largest absolute Gasteiger partial charge is 0.366 e.